The van der Waals surface area contributed by atoms with E-state index in [0.717, 1.165) is 33.9 Å². The molecule has 0 bridgehead atoms. The van der Waals surface area contributed by atoms with Gasteiger partial charge in [-0.15, -0.1) is 0 Å². The van der Waals surface area contributed by atoms with E-state index in [4.69, 9.17) is 4.98 Å². The normalized spacial score (nSPS) is 11.0. The second-order valence-corrected chi connectivity index (χ2v) is 9.20. The Morgan fingerprint density at radius 2 is 1.23 bits per heavy atom. The molecule has 1 aromatic heterocycles. The molecule has 0 fully saturated rings. The van der Waals surface area contributed by atoms with Crippen molar-refractivity contribution in [1.29, 1.82) is 0 Å². The van der Waals surface area contributed by atoms with Crippen molar-refractivity contribution in [3.05, 3.63) is 84.9 Å². The third-order valence-corrected chi connectivity index (χ3v) is 6.04. The summed E-state index contributed by atoms with van der Waals surface area (Å²) in [7, 11) is -0.429. The van der Waals surface area contributed by atoms with Crippen molar-refractivity contribution in [1.82, 2.24) is 9.97 Å². The quantitative estimate of drug-likeness (QED) is 0.491. The lowest BCUT2D eigenvalue weighted by molar-refractivity contribution is 1.31. The van der Waals surface area contributed by atoms with Gasteiger partial charge in [0.05, 0.1) is 20.2 Å². The third kappa shape index (κ3) is 3.26. The molecule has 4 rings (SSSR count). The summed E-state index contributed by atoms with van der Waals surface area (Å²) in [6.45, 7) is 4.63. The molecule has 1 heterocycles. The monoisotopic (exact) mass is 353 g/mol. The number of rotatable bonds is 4. The molecule has 0 unspecified atom stereocenters. The summed E-state index contributed by atoms with van der Waals surface area (Å²) in [4.78, 5) is 8.51. The lowest BCUT2D eigenvalue weighted by Crippen LogP contribution is -2.21. The molecule has 3 aromatic carbocycles. The fourth-order valence-electron chi connectivity index (χ4n) is 3.09. The van der Waals surface area contributed by atoms with Crippen LogP contribution in [0, 0.1) is 0 Å². The number of aromatic amines is 1. The molecule has 1 N–H and O–H groups in total. The summed E-state index contributed by atoms with van der Waals surface area (Å²) in [5.74, 6) is 0.912. The maximum absolute atomic E-state index is 4.95. The van der Waals surface area contributed by atoms with Gasteiger partial charge in [-0.2, -0.15) is 0 Å². The minimum Gasteiger partial charge on any atom is -0.337 e. The Balaban J connectivity index is 1.83. The van der Waals surface area contributed by atoms with E-state index in [1.54, 1.807) is 0 Å². The van der Waals surface area contributed by atoms with Gasteiger partial charge in [0.1, 0.15) is 5.82 Å². The van der Waals surface area contributed by atoms with E-state index in [0.29, 0.717) is 0 Å². The number of hydrogen-bond donors (Lipinski definition) is 1. The number of imidazole rings is 1. The van der Waals surface area contributed by atoms with Crippen LogP contribution in [0.15, 0.2) is 84.9 Å². The average molecular weight is 354 g/mol. The van der Waals surface area contributed by atoms with E-state index in [1.807, 2.05) is 12.1 Å². The van der Waals surface area contributed by atoms with Crippen LogP contribution < -0.4 is 5.19 Å². The van der Waals surface area contributed by atoms with Gasteiger partial charge in [-0.05, 0) is 0 Å². The number of nitrogens with one attached hydrogen (secondary N) is 1. The van der Waals surface area contributed by atoms with Gasteiger partial charge in [0.25, 0.3) is 0 Å². The van der Waals surface area contributed by atoms with Crippen LogP contribution in [0.3, 0.4) is 0 Å². The standard InChI is InChI=1S/C23H21N2Si/c1-26(2)20-15-13-19(14-16-20)23-24-21(17-9-5-3-6-10-17)22(25-23)18-11-7-4-8-12-18/h3-16H,1-2H3,(H,24,25). The second kappa shape index (κ2) is 7.14. The van der Waals surface area contributed by atoms with E-state index >= 15 is 0 Å². The minimum absolute atomic E-state index is 0.429. The molecule has 0 aliphatic heterocycles. The first-order valence-electron chi connectivity index (χ1n) is 8.84. The molecule has 0 aliphatic carbocycles. The van der Waals surface area contributed by atoms with E-state index in [9.17, 15) is 0 Å². The fourth-order valence-corrected chi connectivity index (χ4v) is 3.92. The molecule has 0 saturated carbocycles. The first-order valence-corrected chi connectivity index (χ1v) is 11.3. The molecule has 127 valence electrons. The van der Waals surface area contributed by atoms with Crippen LogP contribution in [0.4, 0.5) is 0 Å². The molecule has 0 aliphatic rings. The summed E-state index contributed by atoms with van der Waals surface area (Å²) < 4.78 is 0. The van der Waals surface area contributed by atoms with Gasteiger partial charge in [-0.1, -0.05) is 103 Å². The van der Waals surface area contributed by atoms with Gasteiger partial charge in [0, 0.05) is 16.7 Å². The van der Waals surface area contributed by atoms with Crippen LogP contribution in [0.25, 0.3) is 33.9 Å². The van der Waals surface area contributed by atoms with Crippen molar-refractivity contribution in [2.75, 3.05) is 0 Å². The van der Waals surface area contributed by atoms with Crippen LogP contribution in [-0.2, 0) is 0 Å². The molecular formula is C23H21N2Si. The first kappa shape index (κ1) is 16.5. The highest BCUT2D eigenvalue weighted by Gasteiger charge is 2.15. The Bertz CT molecular complexity index is 931. The number of nitrogens with zero attached hydrogens (tertiary/aromatic N) is 1. The third-order valence-electron chi connectivity index (χ3n) is 4.55. The van der Waals surface area contributed by atoms with E-state index in [1.165, 1.54) is 5.19 Å². The predicted molar refractivity (Wildman–Crippen MR) is 112 cm³/mol. The molecular weight excluding hydrogens is 332 g/mol. The van der Waals surface area contributed by atoms with Gasteiger partial charge >= 0.3 is 0 Å². The minimum atomic E-state index is -0.429. The first-order chi connectivity index (χ1) is 12.7. The molecule has 0 atom stereocenters. The zero-order valence-electron chi connectivity index (χ0n) is 15.0. The van der Waals surface area contributed by atoms with Crippen LogP contribution in [0.2, 0.25) is 13.1 Å². The average Bonchev–Trinajstić information content (AvgIpc) is 3.15. The Morgan fingerprint density at radius 1 is 0.654 bits per heavy atom. The van der Waals surface area contributed by atoms with Crippen molar-refractivity contribution in [3.63, 3.8) is 0 Å². The molecule has 1 radical (unpaired) electrons. The molecule has 0 spiro atoms. The number of aromatic nitrogens is 2. The van der Waals surface area contributed by atoms with E-state index < -0.39 is 8.80 Å². The Morgan fingerprint density at radius 3 is 1.81 bits per heavy atom. The zero-order chi connectivity index (χ0) is 17.9. The van der Waals surface area contributed by atoms with Gasteiger partial charge < -0.3 is 4.98 Å². The van der Waals surface area contributed by atoms with Crippen LogP contribution >= 0.6 is 0 Å². The zero-order valence-corrected chi connectivity index (χ0v) is 16.0. The molecule has 26 heavy (non-hydrogen) atoms. The van der Waals surface area contributed by atoms with Crippen LogP contribution in [0.1, 0.15) is 0 Å². The summed E-state index contributed by atoms with van der Waals surface area (Å²) in [6, 6.07) is 29.6. The summed E-state index contributed by atoms with van der Waals surface area (Å²) in [6.07, 6.45) is 0. The van der Waals surface area contributed by atoms with Crippen molar-refractivity contribution in [2.24, 2.45) is 0 Å². The highest BCUT2D eigenvalue weighted by molar-refractivity contribution is 6.70. The molecule has 3 heteroatoms. The Labute approximate surface area is 156 Å². The second-order valence-electron chi connectivity index (χ2n) is 6.62. The topological polar surface area (TPSA) is 28.7 Å². The number of H-pyrrole nitrogens is 1. The SMILES string of the molecule is C[Si](C)c1ccc(-c2nc(-c3ccccc3)c(-c3ccccc3)[nH]2)cc1. The maximum Gasteiger partial charge on any atom is 0.138 e. The van der Waals surface area contributed by atoms with Gasteiger partial charge in [0.2, 0.25) is 0 Å². The molecule has 2 nitrogen and oxygen atoms in total. The highest BCUT2D eigenvalue weighted by atomic mass is 28.3. The van der Waals surface area contributed by atoms with Gasteiger partial charge in [-0.25, -0.2) is 4.98 Å². The summed E-state index contributed by atoms with van der Waals surface area (Å²) in [5, 5.41) is 1.44. The van der Waals surface area contributed by atoms with Gasteiger partial charge in [0.15, 0.2) is 0 Å². The van der Waals surface area contributed by atoms with Crippen LogP contribution in [-0.4, -0.2) is 18.8 Å². The van der Waals surface area contributed by atoms with Crippen molar-refractivity contribution < 1.29 is 0 Å². The Kier molecular flexibility index (Phi) is 4.55. The lowest BCUT2D eigenvalue weighted by Gasteiger charge is -2.04. The van der Waals surface area contributed by atoms with Crippen molar-refractivity contribution in [3.8, 4) is 33.9 Å². The van der Waals surface area contributed by atoms with E-state index in [2.05, 4.69) is 90.9 Å². The van der Waals surface area contributed by atoms with Crippen LogP contribution in [0.5, 0.6) is 0 Å². The predicted octanol–water partition coefficient (Wildman–Crippen LogP) is 5.37. The summed E-state index contributed by atoms with van der Waals surface area (Å²) in [5.41, 5.74) is 5.45. The molecule has 0 saturated heterocycles. The van der Waals surface area contributed by atoms with Gasteiger partial charge in [-0.3, -0.25) is 0 Å². The summed E-state index contributed by atoms with van der Waals surface area (Å²) >= 11 is 0. The largest absolute Gasteiger partial charge is 0.337 e. The number of benzene rings is 3. The molecule has 0 amide bonds. The Hall–Kier alpha value is -2.91. The number of hydrogen-bond acceptors (Lipinski definition) is 1. The smallest absolute Gasteiger partial charge is 0.138 e. The maximum atomic E-state index is 4.95. The highest BCUT2D eigenvalue weighted by Crippen LogP contribution is 2.32. The van der Waals surface area contributed by atoms with E-state index in [-0.39, 0.29) is 0 Å². The van der Waals surface area contributed by atoms with Crippen molar-refractivity contribution in [2.45, 2.75) is 13.1 Å². The van der Waals surface area contributed by atoms with Crippen molar-refractivity contribution >= 4 is 14.0 Å². The fraction of sp³-hybridized carbons (Fsp3) is 0.0870. The molecule has 4 aromatic rings. The lowest BCUT2D eigenvalue weighted by atomic mass is 10.1.